The minimum atomic E-state index is -1.02. The third-order valence-corrected chi connectivity index (χ3v) is 15.1. The number of hydrogen-bond donors (Lipinski definition) is 0. The lowest BCUT2D eigenvalue weighted by Gasteiger charge is -2.27. The van der Waals surface area contributed by atoms with E-state index in [0.717, 1.165) is 138 Å². The van der Waals surface area contributed by atoms with Crippen molar-refractivity contribution in [3.05, 3.63) is 127 Å². The van der Waals surface area contributed by atoms with Crippen molar-refractivity contribution in [2.75, 3.05) is 33.0 Å². The summed E-state index contributed by atoms with van der Waals surface area (Å²) in [5, 5.41) is 0. The summed E-state index contributed by atoms with van der Waals surface area (Å²) in [5.41, 5.74) is -2.81. The predicted molar refractivity (Wildman–Crippen MR) is 269 cm³/mol. The van der Waals surface area contributed by atoms with E-state index in [2.05, 4.69) is 18.0 Å². The molecule has 2 aromatic heterocycles. The molecule has 6 rings (SSSR count). The first kappa shape index (κ1) is 56.1. The Bertz CT molecular complexity index is 2490. The molecule has 0 N–H and O–H groups in total. The number of esters is 5. The first-order valence-corrected chi connectivity index (χ1v) is 26.4. The zero-order valence-corrected chi connectivity index (χ0v) is 42.6. The molecule has 0 radical (unpaired) electrons. The van der Waals surface area contributed by atoms with Crippen LogP contribution in [0.25, 0.3) is 4.85 Å². The second kappa shape index (κ2) is 28.9. The van der Waals surface area contributed by atoms with E-state index >= 15 is 0 Å². The van der Waals surface area contributed by atoms with Crippen LogP contribution in [0.5, 0.6) is 11.5 Å². The quantitative estimate of drug-likeness (QED) is 0.0182. The Morgan fingerprint density at radius 1 is 0.603 bits per heavy atom. The van der Waals surface area contributed by atoms with E-state index in [4.69, 9.17) is 48.6 Å². The number of carbonyl (C=O) groups excluding carboxylic acids is 5. The summed E-state index contributed by atoms with van der Waals surface area (Å²) < 4.78 is 50.3. The third-order valence-electron chi connectivity index (χ3n) is 12.5. The van der Waals surface area contributed by atoms with E-state index in [1.54, 1.807) is 19.1 Å². The molecule has 1 aliphatic heterocycles. The fourth-order valence-corrected chi connectivity index (χ4v) is 11.1. The minimum Gasteiger partial charge on any atom is -0.471 e. The highest BCUT2D eigenvalue weighted by molar-refractivity contribution is 8.24. The number of ether oxygens (including phenoxy) is 7. The SMILES string of the molecule is [C-]#[N+]C(C(=O)OCC)=C1Sc2c(OC(=O)c3ccc(C4CCC(OCCCCCCOC(=O)C=C)CC4)oc3=O)ccc(OC(=O)c3ccc(C4CCC(OCCCCCCOC(=O)C=C)CC4)oc3=O)c2S1. The Kier molecular flexibility index (Phi) is 22.2. The van der Waals surface area contributed by atoms with Gasteiger partial charge in [-0.15, -0.1) is 0 Å². The first-order chi connectivity index (χ1) is 35.4. The molecule has 73 heavy (non-hydrogen) atoms. The standard InChI is InChI=1S/C54H61NO16S2/c1-5-44(56)66-32-14-10-8-12-30-64-36-20-16-34(17-21-36)40-26-24-38(49(58)68-40)51(60)70-42-28-29-43(48-47(42)72-54(73-48)46(55-4)53(62)63-7-3)71-52(61)39-25-27-41(69-50(39)59)35-18-22-37(23-19-35)65-31-13-9-11-15-33-67-45(57)6-2/h5-6,24-29,34-37H,1-2,7-23,30-33H2,3H3. The molecule has 0 atom stereocenters. The molecule has 0 amide bonds. The Balaban J connectivity index is 1.04. The van der Waals surface area contributed by atoms with Gasteiger partial charge in [0.25, 0.3) is 5.70 Å². The van der Waals surface area contributed by atoms with Gasteiger partial charge in [-0.1, -0.05) is 49.5 Å². The van der Waals surface area contributed by atoms with E-state index in [9.17, 15) is 33.6 Å². The lowest BCUT2D eigenvalue weighted by molar-refractivity contribution is -0.138. The summed E-state index contributed by atoms with van der Waals surface area (Å²) in [4.78, 5) is 92.7. The zero-order valence-electron chi connectivity index (χ0n) is 41.0. The molecular weight excluding hydrogens is 983 g/mol. The van der Waals surface area contributed by atoms with E-state index in [0.29, 0.717) is 37.9 Å². The van der Waals surface area contributed by atoms with Crippen LogP contribution in [-0.2, 0) is 38.1 Å². The molecule has 1 aromatic carbocycles. The van der Waals surface area contributed by atoms with Gasteiger partial charge < -0.3 is 42.0 Å². The number of thioether (sulfide) groups is 2. The lowest BCUT2D eigenvalue weighted by atomic mass is 9.85. The Morgan fingerprint density at radius 3 is 1.38 bits per heavy atom. The van der Waals surface area contributed by atoms with Crippen molar-refractivity contribution in [2.45, 2.75) is 143 Å². The van der Waals surface area contributed by atoms with Gasteiger partial charge in [-0.3, -0.25) is 4.79 Å². The van der Waals surface area contributed by atoms with Crippen LogP contribution in [0.15, 0.2) is 99.9 Å². The van der Waals surface area contributed by atoms with Crippen LogP contribution in [0.4, 0.5) is 0 Å². The normalized spacial score (nSPS) is 18.1. The number of hydrogen-bond acceptors (Lipinski definition) is 18. The minimum absolute atomic E-state index is 0.00972. The second-order valence-electron chi connectivity index (χ2n) is 17.5. The van der Waals surface area contributed by atoms with Gasteiger partial charge in [-0.05, 0) is 133 Å². The smallest absolute Gasteiger partial charge is 0.351 e. The molecule has 0 unspecified atom stereocenters. The predicted octanol–water partition coefficient (Wildman–Crippen LogP) is 10.5. The van der Waals surface area contributed by atoms with Gasteiger partial charge in [0.15, 0.2) is 0 Å². The molecule has 2 fully saturated rings. The molecule has 390 valence electrons. The second-order valence-corrected chi connectivity index (χ2v) is 19.8. The summed E-state index contributed by atoms with van der Waals surface area (Å²) >= 11 is 1.83. The van der Waals surface area contributed by atoms with Gasteiger partial charge in [0.1, 0.15) is 34.1 Å². The van der Waals surface area contributed by atoms with Crippen LogP contribution in [-0.4, -0.2) is 75.1 Å². The summed E-state index contributed by atoms with van der Waals surface area (Å²) in [6.45, 7) is 18.1. The van der Waals surface area contributed by atoms with E-state index < -0.39 is 41.1 Å². The van der Waals surface area contributed by atoms with Gasteiger partial charge in [0.2, 0.25) is 0 Å². The fraction of sp³-hybridized carbons (Fsp3) is 0.481. The first-order valence-electron chi connectivity index (χ1n) is 24.8. The highest BCUT2D eigenvalue weighted by atomic mass is 32.2. The van der Waals surface area contributed by atoms with Crippen LogP contribution in [0.1, 0.15) is 154 Å². The van der Waals surface area contributed by atoms with E-state index in [1.807, 2.05) is 0 Å². The maximum atomic E-state index is 13.6. The van der Waals surface area contributed by atoms with Crippen molar-refractivity contribution in [3.8, 4) is 11.5 Å². The van der Waals surface area contributed by atoms with Crippen LogP contribution >= 0.6 is 23.5 Å². The average molecular weight is 1040 g/mol. The van der Waals surface area contributed by atoms with Crippen molar-refractivity contribution < 1.29 is 66.0 Å². The van der Waals surface area contributed by atoms with Crippen molar-refractivity contribution in [1.29, 1.82) is 0 Å². The monoisotopic (exact) mass is 1040 g/mol. The van der Waals surface area contributed by atoms with Crippen molar-refractivity contribution >= 4 is 53.4 Å². The van der Waals surface area contributed by atoms with Crippen LogP contribution in [0, 0.1) is 6.57 Å². The number of carbonyl (C=O) groups is 5. The number of fused-ring (bicyclic) bond motifs is 1. The molecule has 3 heterocycles. The van der Waals surface area contributed by atoms with Crippen molar-refractivity contribution in [2.24, 2.45) is 0 Å². The van der Waals surface area contributed by atoms with Gasteiger partial charge in [-0.25, -0.2) is 33.6 Å². The summed E-state index contributed by atoms with van der Waals surface area (Å²) in [7, 11) is 0. The van der Waals surface area contributed by atoms with Gasteiger partial charge in [-0.2, -0.15) is 0 Å². The maximum Gasteiger partial charge on any atom is 0.351 e. The van der Waals surface area contributed by atoms with E-state index in [1.165, 1.54) is 24.3 Å². The highest BCUT2D eigenvalue weighted by Crippen LogP contribution is 2.59. The van der Waals surface area contributed by atoms with Crippen LogP contribution in [0.2, 0.25) is 0 Å². The molecule has 2 aliphatic carbocycles. The van der Waals surface area contributed by atoms with Crippen molar-refractivity contribution in [3.63, 3.8) is 0 Å². The summed E-state index contributed by atoms with van der Waals surface area (Å²) in [6, 6.07) is 8.61. The molecule has 3 aliphatic rings. The number of nitrogens with zero attached hydrogens (tertiary/aromatic N) is 1. The fourth-order valence-electron chi connectivity index (χ4n) is 8.57. The van der Waals surface area contributed by atoms with E-state index in [-0.39, 0.29) is 73.0 Å². The summed E-state index contributed by atoms with van der Waals surface area (Å²) in [6.07, 6.45) is 15.7. The zero-order chi connectivity index (χ0) is 52.1. The lowest BCUT2D eigenvalue weighted by Crippen LogP contribution is -2.23. The largest absolute Gasteiger partial charge is 0.471 e. The molecule has 19 heteroatoms. The molecule has 17 nitrogen and oxygen atoms in total. The molecule has 2 saturated carbocycles. The third kappa shape index (κ3) is 16.4. The Labute approximate surface area is 432 Å². The van der Waals surface area contributed by atoms with Crippen LogP contribution in [0.3, 0.4) is 0 Å². The number of rotatable bonds is 26. The van der Waals surface area contributed by atoms with Crippen LogP contribution < -0.4 is 20.7 Å². The molecule has 0 bridgehead atoms. The molecular formula is C54H61NO16S2. The molecule has 0 spiro atoms. The Morgan fingerprint density at radius 2 is 1.01 bits per heavy atom. The number of benzene rings is 1. The van der Waals surface area contributed by atoms with Gasteiger partial charge in [0.05, 0.1) is 52.6 Å². The van der Waals surface area contributed by atoms with Gasteiger partial charge in [0, 0.05) is 37.2 Å². The maximum absolute atomic E-state index is 13.6. The summed E-state index contributed by atoms with van der Waals surface area (Å²) in [5.74, 6) is -3.03. The number of unbranched alkanes of at least 4 members (excludes halogenated alkanes) is 6. The highest BCUT2D eigenvalue weighted by Gasteiger charge is 2.34. The van der Waals surface area contributed by atoms with Gasteiger partial charge >= 0.3 is 41.1 Å². The Hall–Kier alpha value is -6.20. The molecule has 0 saturated heterocycles. The topological polar surface area (TPSA) is 215 Å². The average Bonchev–Trinajstić information content (AvgIpc) is 3.84. The van der Waals surface area contributed by atoms with Crippen molar-refractivity contribution in [1.82, 2.24) is 0 Å². The molecule has 3 aromatic rings.